The molecule has 9 nitrogen and oxygen atoms in total. The van der Waals surface area contributed by atoms with E-state index in [4.69, 9.17) is 21.1 Å². The monoisotopic (exact) mass is 444 g/mol. The van der Waals surface area contributed by atoms with Gasteiger partial charge in [0.1, 0.15) is 11.9 Å². The number of aromatic nitrogens is 2. The second-order valence-electron chi connectivity index (χ2n) is 6.98. The van der Waals surface area contributed by atoms with E-state index in [1.165, 1.54) is 11.5 Å². The Bertz CT molecular complexity index is 1170. The van der Waals surface area contributed by atoms with Gasteiger partial charge >= 0.3 is 6.03 Å². The van der Waals surface area contributed by atoms with Gasteiger partial charge in [0, 0.05) is 5.69 Å². The van der Waals surface area contributed by atoms with Crippen molar-refractivity contribution in [2.24, 2.45) is 0 Å². The zero-order valence-corrected chi connectivity index (χ0v) is 17.4. The van der Waals surface area contributed by atoms with Crippen LogP contribution in [0.2, 0.25) is 5.02 Å². The van der Waals surface area contributed by atoms with Gasteiger partial charge in [0.25, 0.3) is 5.56 Å². The number of nitrogens with zero attached hydrogens (tertiary/aromatic N) is 2. The summed E-state index contributed by atoms with van der Waals surface area (Å²) >= 11 is 6.24. The molecule has 3 aromatic rings. The summed E-state index contributed by atoms with van der Waals surface area (Å²) in [5.74, 6) is 0.164. The Morgan fingerprint density at radius 1 is 1.29 bits per heavy atom. The van der Waals surface area contributed by atoms with Gasteiger partial charge in [0.15, 0.2) is 6.29 Å². The molecule has 0 radical (unpaired) electrons. The van der Waals surface area contributed by atoms with E-state index in [1.807, 2.05) is 0 Å². The van der Waals surface area contributed by atoms with Crippen molar-refractivity contribution in [3.05, 3.63) is 63.7 Å². The number of rotatable bonds is 5. The van der Waals surface area contributed by atoms with Crippen LogP contribution >= 0.6 is 11.6 Å². The van der Waals surface area contributed by atoms with Crippen LogP contribution in [-0.2, 0) is 9.47 Å². The smallest absolute Gasteiger partial charge is 0.319 e. The second-order valence-corrected chi connectivity index (χ2v) is 7.38. The number of aliphatic hydroxyl groups excluding tert-OH is 1. The molecule has 1 aromatic heterocycles. The summed E-state index contributed by atoms with van der Waals surface area (Å²) in [4.78, 5) is 29.9. The van der Waals surface area contributed by atoms with Crippen molar-refractivity contribution >= 4 is 34.2 Å². The number of ether oxygens (including phenoxy) is 2. The number of hydrogen-bond acceptors (Lipinski definition) is 6. The Labute approximate surface area is 182 Å². The molecule has 0 spiro atoms. The first kappa shape index (κ1) is 21.3. The molecule has 0 saturated carbocycles. The summed E-state index contributed by atoms with van der Waals surface area (Å²) < 4.78 is 11.9. The van der Waals surface area contributed by atoms with Crippen molar-refractivity contribution in [2.75, 3.05) is 25.1 Å². The Morgan fingerprint density at radius 3 is 2.77 bits per heavy atom. The molecule has 31 heavy (non-hydrogen) atoms. The summed E-state index contributed by atoms with van der Waals surface area (Å²) in [5, 5.41) is 16.1. The molecule has 2 heterocycles. The molecule has 1 unspecified atom stereocenters. The van der Waals surface area contributed by atoms with Crippen molar-refractivity contribution in [2.45, 2.75) is 19.3 Å². The van der Waals surface area contributed by atoms with Crippen LogP contribution < -0.4 is 16.2 Å². The molecule has 1 fully saturated rings. The molecular formula is C21H21ClN4O5. The van der Waals surface area contributed by atoms with Gasteiger partial charge in [-0.2, -0.15) is 0 Å². The normalized spacial score (nSPS) is 15.2. The van der Waals surface area contributed by atoms with Crippen molar-refractivity contribution in [1.82, 2.24) is 14.9 Å². The Hall–Kier alpha value is -2.98. The van der Waals surface area contributed by atoms with Crippen molar-refractivity contribution in [1.29, 1.82) is 0 Å². The van der Waals surface area contributed by atoms with Gasteiger partial charge in [-0.15, -0.1) is 0 Å². The van der Waals surface area contributed by atoms with Crippen molar-refractivity contribution in [3.63, 3.8) is 0 Å². The molecule has 162 valence electrons. The fourth-order valence-corrected chi connectivity index (χ4v) is 3.59. The standard InChI is InChI=1S/C21H21ClN4O5/c1-12(27)19-25-16-7-3-6-15(22)18(16)20(28)26(19)14-5-2-4-13(10-14)24-21(29)23-11-17-30-8-9-31-17/h2-7,10,12,17,27H,8-9,11H2,1H3,(H2,23,24,29). The fourth-order valence-electron chi connectivity index (χ4n) is 3.34. The summed E-state index contributed by atoms with van der Waals surface area (Å²) in [7, 11) is 0. The van der Waals surface area contributed by atoms with Crippen LogP contribution in [0.4, 0.5) is 10.5 Å². The maximum Gasteiger partial charge on any atom is 0.319 e. The lowest BCUT2D eigenvalue weighted by molar-refractivity contribution is -0.0369. The van der Waals surface area contributed by atoms with Gasteiger partial charge in [-0.05, 0) is 37.3 Å². The van der Waals surface area contributed by atoms with Gasteiger partial charge in [-0.25, -0.2) is 9.78 Å². The van der Waals surface area contributed by atoms with E-state index in [1.54, 1.807) is 42.5 Å². The minimum atomic E-state index is -1.01. The minimum Gasteiger partial charge on any atom is -0.385 e. The number of fused-ring (bicyclic) bond motifs is 1. The van der Waals surface area contributed by atoms with Crippen LogP contribution in [0, 0.1) is 0 Å². The fraction of sp³-hybridized carbons (Fsp3) is 0.286. The summed E-state index contributed by atoms with van der Waals surface area (Å²) in [5.41, 5.74) is 0.861. The highest BCUT2D eigenvalue weighted by atomic mass is 35.5. The molecule has 0 aliphatic carbocycles. The highest BCUT2D eigenvalue weighted by Crippen LogP contribution is 2.23. The van der Waals surface area contributed by atoms with Crippen molar-refractivity contribution in [3.8, 4) is 5.69 Å². The number of carbonyl (C=O) groups excluding carboxylic acids is 1. The maximum atomic E-state index is 13.3. The SMILES string of the molecule is CC(O)c1nc2cccc(Cl)c2c(=O)n1-c1cccc(NC(=O)NCC2OCCO2)c1. The van der Waals surface area contributed by atoms with E-state index < -0.39 is 24.0 Å². The quantitative estimate of drug-likeness (QED) is 0.557. The second kappa shape index (κ2) is 9.03. The molecule has 1 saturated heterocycles. The van der Waals surface area contributed by atoms with E-state index >= 15 is 0 Å². The number of urea groups is 1. The Kier molecular flexibility index (Phi) is 6.19. The lowest BCUT2D eigenvalue weighted by atomic mass is 10.2. The van der Waals surface area contributed by atoms with Crippen LogP contribution in [0.3, 0.4) is 0 Å². The summed E-state index contributed by atoms with van der Waals surface area (Å²) in [6.07, 6.45) is -1.47. The van der Waals surface area contributed by atoms with E-state index in [-0.39, 0.29) is 22.8 Å². The van der Waals surface area contributed by atoms with E-state index in [0.717, 1.165) is 0 Å². The number of aliphatic hydroxyl groups is 1. The van der Waals surface area contributed by atoms with Crippen molar-refractivity contribution < 1.29 is 19.4 Å². The summed E-state index contributed by atoms with van der Waals surface area (Å²) in [6.45, 7) is 2.74. The van der Waals surface area contributed by atoms with Gasteiger partial charge in [0.2, 0.25) is 0 Å². The van der Waals surface area contributed by atoms with Gasteiger partial charge in [0.05, 0.1) is 41.4 Å². The lowest BCUT2D eigenvalue weighted by Gasteiger charge is -2.17. The number of anilines is 1. The minimum absolute atomic E-state index is 0.164. The van der Waals surface area contributed by atoms with Gasteiger partial charge in [-0.1, -0.05) is 23.7 Å². The van der Waals surface area contributed by atoms with Crippen LogP contribution in [0.15, 0.2) is 47.3 Å². The molecule has 1 aliphatic heterocycles. The van der Waals surface area contributed by atoms with E-state index in [0.29, 0.717) is 30.1 Å². The third-order valence-corrected chi connectivity index (χ3v) is 5.04. The molecule has 4 rings (SSSR count). The lowest BCUT2D eigenvalue weighted by Crippen LogP contribution is -2.35. The zero-order chi connectivity index (χ0) is 22.0. The Morgan fingerprint density at radius 2 is 2.03 bits per heavy atom. The molecule has 10 heteroatoms. The van der Waals surface area contributed by atoms with E-state index in [9.17, 15) is 14.7 Å². The molecule has 2 amide bonds. The highest BCUT2D eigenvalue weighted by Gasteiger charge is 2.19. The Balaban J connectivity index is 1.66. The predicted molar refractivity (Wildman–Crippen MR) is 116 cm³/mol. The molecule has 0 bridgehead atoms. The third kappa shape index (κ3) is 4.54. The molecule has 1 aliphatic rings. The molecule has 2 aromatic carbocycles. The van der Waals surface area contributed by atoms with Gasteiger partial charge < -0.3 is 25.2 Å². The number of amides is 2. The molecule has 3 N–H and O–H groups in total. The largest absolute Gasteiger partial charge is 0.385 e. The predicted octanol–water partition coefficient (Wildman–Crippen LogP) is 2.59. The highest BCUT2D eigenvalue weighted by molar-refractivity contribution is 6.35. The third-order valence-electron chi connectivity index (χ3n) is 4.73. The number of hydrogen-bond donors (Lipinski definition) is 3. The number of carbonyl (C=O) groups is 1. The first-order valence-electron chi connectivity index (χ1n) is 9.72. The van der Waals surface area contributed by atoms with Gasteiger partial charge in [-0.3, -0.25) is 9.36 Å². The number of benzene rings is 2. The first-order chi connectivity index (χ1) is 14.9. The van der Waals surface area contributed by atoms with Crippen LogP contribution in [0.1, 0.15) is 18.9 Å². The number of nitrogens with one attached hydrogen (secondary N) is 2. The van der Waals surface area contributed by atoms with Crippen LogP contribution in [-0.4, -0.2) is 46.7 Å². The zero-order valence-electron chi connectivity index (χ0n) is 16.7. The molecule has 1 atom stereocenters. The molecular weight excluding hydrogens is 424 g/mol. The maximum absolute atomic E-state index is 13.3. The summed E-state index contributed by atoms with van der Waals surface area (Å²) in [6, 6.07) is 11.2. The average molecular weight is 445 g/mol. The van der Waals surface area contributed by atoms with Crippen LogP contribution in [0.25, 0.3) is 16.6 Å². The average Bonchev–Trinajstić information content (AvgIpc) is 3.26. The van der Waals surface area contributed by atoms with E-state index in [2.05, 4.69) is 15.6 Å². The first-order valence-corrected chi connectivity index (χ1v) is 10.1. The topological polar surface area (TPSA) is 115 Å². The number of halogens is 1. The van der Waals surface area contributed by atoms with Crippen LogP contribution in [0.5, 0.6) is 0 Å².